The van der Waals surface area contributed by atoms with Crippen molar-refractivity contribution in [2.75, 3.05) is 49.6 Å². The van der Waals surface area contributed by atoms with Crippen molar-refractivity contribution in [2.24, 2.45) is 0 Å². The molecule has 2 N–H and O–H groups in total. The second kappa shape index (κ2) is 12.5. The van der Waals surface area contributed by atoms with Gasteiger partial charge in [-0.05, 0) is 74.7 Å². The van der Waals surface area contributed by atoms with Crippen LogP contribution in [0, 0.1) is 0 Å². The lowest BCUT2D eigenvalue weighted by molar-refractivity contribution is 0.122. The van der Waals surface area contributed by atoms with Crippen LogP contribution in [0.2, 0.25) is 0 Å². The quantitative estimate of drug-likeness (QED) is 0.216. The van der Waals surface area contributed by atoms with Crippen LogP contribution in [0.3, 0.4) is 0 Å². The molecule has 3 aliphatic heterocycles. The second-order valence-corrected chi connectivity index (χ2v) is 12.7. The molecule has 2 unspecified atom stereocenters. The van der Waals surface area contributed by atoms with Gasteiger partial charge < -0.3 is 24.7 Å². The zero-order valence-corrected chi connectivity index (χ0v) is 25.4. The standard InChI is InChI=1S/C35H38N4O3S/c1-24(25-7-3-2-4-8-25)38-15-6-9-26(14-16-38)36-27-12-13-31-33(21-27)43-32-11-5-10-29(35(32)42-31)30-22-28(23-34(40)37-30)39-17-19-41-20-18-39/h2-5,7-8,10-13,21-24,26,36H,6,9,14-20H2,1H3,(H,37,40). The highest BCUT2D eigenvalue weighted by atomic mass is 32.2. The number of morpholine rings is 1. The van der Waals surface area contributed by atoms with Crippen molar-refractivity contribution in [1.29, 1.82) is 0 Å². The monoisotopic (exact) mass is 594 g/mol. The van der Waals surface area contributed by atoms with E-state index in [1.165, 1.54) is 12.0 Å². The van der Waals surface area contributed by atoms with Crippen LogP contribution in [0.5, 0.6) is 11.5 Å². The molecule has 222 valence electrons. The summed E-state index contributed by atoms with van der Waals surface area (Å²) in [7, 11) is 0. The normalized spacial score (nSPS) is 19.5. The number of pyridine rings is 1. The Kier molecular flexibility index (Phi) is 8.15. The number of H-pyrrole nitrogens is 1. The van der Waals surface area contributed by atoms with Gasteiger partial charge in [0.2, 0.25) is 5.56 Å². The average Bonchev–Trinajstić information content (AvgIpc) is 3.29. The summed E-state index contributed by atoms with van der Waals surface area (Å²) >= 11 is 1.72. The number of benzene rings is 3. The van der Waals surface area contributed by atoms with Crippen LogP contribution < -0.4 is 20.5 Å². The maximum atomic E-state index is 12.7. The molecule has 0 radical (unpaired) electrons. The van der Waals surface area contributed by atoms with E-state index in [1.807, 2.05) is 18.2 Å². The van der Waals surface area contributed by atoms with Crippen LogP contribution in [0.25, 0.3) is 11.3 Å². The fourth-order valence-corrected chi connectivity index (χ4v) is 7.43. The third kappa shape index (κ3) is 6.18. The summed E-state index contributed by atoms with van der Waals surface area (Å²) in [5.41, 5.74) is 4.96. The molecule has 3 aromatic carbocycles. The molecule has 1 aromatic heterocycles. The molecule has 0 bridgehead atoms. The molecule has 8 heteroatoms. The number of nitrogens with one attached hydrogen (secondary N) is 2. The Hall–Kier alpha value is -3.72. The van der Waals surface area contributed by atoms with E-state index in [0.29, 0.717) is 25.3 Å². The highest BCUT2D eigenvalue weighted by Gasteiger charge is 2.25. The predicted octanol–water partition coefficient (Wildman–Crippen LogP) is 7.16. The van der Waals surface area contributed by atoms with Crippen LogP contribution in [-0.4, -0.2) is 55.3 Å². The Bertz CT molecular complexity index is 1640. The smallest absolute Gasteiger partial charge is 0.250 e. The van der Waals surface area contributed by atoms with Crippen LogP contribution in [0.1, 0.15) is 37.8 Å². The minimum Gasteiger partial charge on any atom is -0.454 e. The van der Waals surface area contributed by atoms with Gasteiger partial charge in [-0.15, -0.1) is 0 Å². The largest absolute Gasteiger partial charge is 0.454 e. The first kappa shape index (κ1) is 28.1. The summed E-state index contributed by atoms with van der Waals surface area (Å²) < 4.78 is 12.0. The van der Waals surface area contributed by atoms with E-state index < -0.39 is 0 Å². The van der Waals surface area contributed by atoms with Gasteiger partial charge in [0.05, 0.1) is 28.7 Å². The average molecular weight is 595 g/mol. The number of hydrogen-bond acceptors (Lipinski definition) is 7. The molecule has 0 aliphatic carbocycles. The highest BCUT2D eigenvalue weighted by molar-refractivity contribution is 7.99. The van der Waals surface area contributed by atoms with Crippen molar-refractivity contribution >= 4 is 23.1 Å². The van der Waals surface area contributed by atoms with Crippen LogP contribution >= 0.6 is 11.8 Å². The van der Waals surface area contributed by atoms with Gasteiger partial charge in [0.25, 0.3) is 0 Å². The molecule has 0 spiro atoms. The number of likely N-dealkylation sites (tertiary alicyclic amines) is 1. The zero-order chi connectivity index (χ0) is 29.2. The van der Waals surface area contributed by atoms with Gasteiger partial charge in [-0.1, -0.05) is 48.2 Å². The van der Waals surface area contributed by atoms with Gasteiger partial charge in [0, 0.05) is 54.7 Å². The van der Waals surface area contributed by atoms with Crippen LogP contribution in [-0.2, 0) is 4.74 Å². The minimum atomic E-state index is -0.118. The zero-order valence-electron chi connectivity index (χ0n) is 24.6. The van der Waals surface area contributed by atoms with Crippen LogP contribution in [0.15, 0.2) is 93.4 Å². The van der Waals surface area contributed by atoms with Gasteiger partial charge in [0.15, 0.2) is 5.75 Å². The van der Waals surface area contributed by atoms with E-state index in [9.17, 15) is 4.79 Å². The van der Waals surface area contributed by atoms with Crippen molar-refractivity contribution in [3.8, 4) is 22.8 Å². The van der Waals surface area contributed by atoms with Gasteiger partial charge in [-0.3, -0.25) is 9.69 Å². The second-order valence-electron chi connectivity index (χ2n) is 11.6. The lowest BCUT2D eigenvalue weighted by atomic mass is 10.1. The first-order valence-electron chi connectivity index (χ1n) is 15.4. The predicted molar refractivity (Wildman–Crippen MR) is 174 cm³/mol. The minimum absolute atomic E-state index is 0.118. The maximum Gasteiger partial charge on any atom is 0.250 e. The molecular formula is C35H38N4O3S. The summed E-state index contributed by atoms with van der Waals surface area (Å²) in [6, 6.07) is 28.0. The van der Waals surface area contributed by atoms with E-state index in [1.54, 1.807) is 17.8 Å². The number of ether oxygens (including phenoxy) is 2. The molecule has 43 heavy (non-hydrogen) atoms. The number of anilines is 2. The number of nitrogens with zero attached hydrogens (tertiary/aromatic N) is 2. The molecule has 4 heterocycles. The molecule has 2 saturated heterocycles. The van der Waals surface area contributed by atoms with E-state index in [4.69, 9.17) is 9.47 Å². The summed E-state index contributed by atoms with van der Waals surface area (Å²) in [5.74, 6) is 1.62. The summed E-state index contributed by atoms with van der Waals surface area (Å²) in [6.07, 6.45) is 3.46. The Balaban J connectivity index is 1.06. The first-order valence-corrected chi connectivity index (χ1v) is 16.2. The van der Waals surface area contributed by atoms with Crippen molar-refractivity contribution in [3.05, 3.63) is 94.8 Å². The number of aromatic nitrogens is 1. The Morgan fingerprint density at radius 2 is 1.77 bits per heavy atom. The lowest BCUT2D eigenvalue weighted by Crippen LogP contribution is -2.36. The maximum absolute atomic E-state index is 12.7. The molecule has 2 fully saturated rings. The van der Waals surface area contributed by atoms with Gasteiger partial charge >= 0.3 is 0 Å². The Labute approximate surface area is 257 Å². The summed E-state index contributed by atoms with van der Waals surface area (Å²) in [4.78, 5) is 22.7. The number of hydrogen-bond donors (Lipinski definition) is 2. The van der Waals surface area contributed by atoms with Gasteiger partial charge in [-0.2, -0.15) is 0 Å². The molecular weight excluding hydrogens is 556 g/mol. The molecule has 3 aliphatic rings. The van der Waals surface area contributed by atoms with Crippen LogP contribution in [0.4, 0.5) is 11.4 Å². The third-order valence-electron chi connectivity index (χ3n) is 8.81. The van der Waals surface area contributed by atoms with E-state index in [0.717, 1.165) is 82.9 Å². The van der Waals surface area contributed by atoms with Crippen molar-refractivity contribution in [1.82, 2.24) is 9.88 Å². The molecule has 0 amide bonds. The topological polar surface area (TPSA) is 69.8 Å². The molecule has 2 atom stereocenters. The van der Waals surface area contributed by atoms with E-state index >= 15 is 0 Å². The van der Waals surface area contributed by atoms with E-state index in [-0.39, 0.29) is 5.56 Å². The molecule has 7 rings (SSSR count). The van der Waals surface area contributed by atoms with E-state index in [2.05, 4.69) is 81.6 Å². The first-order chi connectivity index (χ1) is 21.1. The summed E-state index contributed by atoms with van der Waals surface area (Å²) in [5, 5.41) is 3.83. The number of fused-ring (bicyclic) bond motifs is 2. The van der Waals surface area contributed by atoms with Crippen molar-refractivity contribution in [3.63, 3.8) is 0 Å². The Morgan fingerprint density at radius 1 is 0.907 bits per heavy atom. The van der Waals surface area contributed by atoms with Crippen molar-refractivity contribution < 1.29 is 9.47 Å². The Morgan fingerprint density at radius 3 is 2.63 bits per heavy atom. The molecule has 0 saturated carbocycles. The fourth-order valence-electron chi connectivity index (χ4n) is 6.41. The number of rotatable bonds is 6. The SMILES string of the molecule is CC(c1ccccc1)N1CCCC(Nc2ccc3c(c2)Sc2cccc(-c4cc(N5CCOCC5)cc(=O)[nH]4)c2O3)CC1. The highest BCUT2D eigenvalue weighted by Crippen LogP contribution is 2.51. The third-order valence-corrected chi connectivity index (χ3v) is 9.89. The number of aromatic amines is 1. The molecule has 7 nitrogen and oxygen atoms in total. The fraction of sp³-hybridized carbons (Fsp3) is 0.343. The summed E-state index contributed by atoms with van der Waals surface area (Å²) in [6.45, 7) is 7.43. The lowest BCUT2D eigenvalue weighted by Gasteiger charge is -2.29. The van der Waals surface area contributed by atoms with Gasteiger partial charge in [-0.25, -0.2) is 0 Å². The van der Waals surface area contributed by atoms with Crippen molar-refractivity contribution in [2.45, 2.75) is 48.1 Å². The number of para-hydroxylation sites is 1. The molecule has 4 aromatic rings. The van der Waals surface area contributed by atoms with Gasteiger partial charge in [0.1, 0.15) is 5.75 Å².